The van der Waals surface area contributed by atoms with Crippen molar-refractivity contribution in [2.24, 2.45) is 0 Å². The van der Waals surface area contributed by atoms with E-state index in [0.717, 1.165) is 0 Å². The summed E-state index contributed by atoms with van der Waals surface area (Å²) in [5.74, 6) is -3.97. The number of H-pyrrole nitrogens is 1. The highest BCUT2D eigenvalue weighted by molar-refractivity contribution is 5.97. The lowest BCUT2D eigenvalue weighted by molar-refractivity contribution is -0.157. The fraction of sp³-hybridized carbons (Fsp3) is 0.273. The number of nitrogens with zero attached hydrogens (tertiary/aromatic N) is 2. The van der Waals surface area contributed by atoms with E-state index in [1.165, 1.54) is 0 Å². The molecule has 0 spiro atoms. The normalized spacial score (nSPS) is 37.0. The van der Waals surface area contributed by atoms with E-state index < -0.39 is 126 Å². The molecule has 7 heteroatoms. The first-order valence-electron chi connectivity index (χ1n) is 15.4. The molecule has 0 aliphatic carbocycles. The molecule has 29 heavy (non-hydrogen) atoms. The number of carbonyl (C=O) groups is 2. The van der Waals surface area contributed by atoms with Gasteiger partial charge >= 0.3 is 0 Å². The molecule has 3 aliphatic heterocycles. The molecule has 7 nitrogen and oxygen atoms in total. The Morgan fingerprint density at radius 1 is 1.24 bits per heavy atom. The van der Waals surface area contributed by atoms with Gasteiger partial charge in [-0.05, 0) is 29.3 Å². The molecule has 2 atom stereocenters. The molecule has 1 saturated heterocycles. The number of aromatic amines is 1. The molecule has 0 radical (unpaired) electrons. The molecule has 3 aromatic rings. The fourth-order valence-corrected chi connectivity index (χ4v) is 3.49. The van der Waals surface area contributed by atoms with Gasteiger partial charge in [0.2, 0.25) is 18.6 Å². The zero-order valence-electron chi connectivity index (χ0n) is 28.4. The molecule has 3 aliphatic rings. The Labute approximate surface area is 186 Å². The van der Waals surface area contributed by atoms with Crippen LogP contribution >= 0.6 is 0 Å². The van der Waals surface area contributed by atoms with Crippen LogP contribution in [0.2, 0.25) is 0 Å². The van der Waals surface area contributed by atoms with Crippen LogP contribution in [0.3, 0.4) is 0 Å². The van der Waals surface area contributed by atoms with Gasteiger partial charge in [-0.25, -0.2) is 0 Å². The summed E-state index contributed by atoms with van der Waals surface area (Å²) >= 11 is 0. The summed E-state index contributed by atoms with van der Waals surface area (Å²) in [6, 6.07) is -12.3. The first-order chi connectivity index (χ1) is 19.7. The highest BCUT2D eigenvalue weighted by Crippen LogP contribution is 2.44. The number of rotatable bonds is 1. The van der Waals surface area contributed by atoms with E-state index in [1.54, 1.807) is 0 Å². The Balaban J connectivity index is 1.85. The standard InChI is InChI=1S/C22H19N3O4/c1-24-10-19(26)25-16(22(24)27)9-14-13-4-2-3-5-15(13)23-20(14)21(25)12-6-7-17-18(8-12)29-11-28-17/h2-8,16,21,23H,9-11H2,1H3/t16-,21-/m1/s1/i1D3,2D,3D,4D,5D,6D,7D,8D,9D2,16D,21D. The zero-order chi connectivity index (χ0) is 31.9. The molecule has 1 aromatic heterocycles. The lowest BCUT2D eigenvalue weighted by atomic mass is 9.86. The Kier molecular flexibility index (Phi) is 1.54. The van der Waals surface area contributed by atoms with Gasteiger partial charge in [0.25, 0.3) is 0 Å². The second kappa shape index (κ2) is 5.76. The van der Waals surface area contributed by atoms with Crippen LogP contribution in [0, 0.1) is 0 Å². The Bertz CT molecular complexity index is 1820. The quantitative estimate of drug-likeness (QED) is 0.676. The maximum Gasteiger partial charge on any atom is 0.245 e. The smallest absolute Gasteiger partial charge is 0.245 e. The number of hydrogen-bond donors (Lipinski definition) is 1. The van der Waals surface area contributed by atoms with Gasteiger partial charge < -0.3 is 24.3 Å². The second-order valence-corrected chi connectivity index (χ2v) is 6.38. The summed E-state index contributed by atoms with van der Waals surface area (Å²) in [7, 11) is 0. The molecule has 0 saturated carbocycles. The minimum absolute atomic E-state index is 0.00888. The van der Waals surface area contributed by atoms with E-state index in [1.807, 2.05) is 0 Å². The SMILES string of the molecule is [2H]c1c([2H])c([C@]2([2H])c3[nH]c4c([2H])c([2H])c([2H])c([2H])c4c3C([2H])([2H])[C@]3([2H])C(=O)N(C([2H])([2H])[2H])CC(=O)N23)c([2H])c2c1OCO2. The first-order valence-corrected chi connectivity index (χ1v) is 8.43. The molecule has 0 bridgehead atoms. The zero-order valence-corrected chi connectivity index (χ0v) is 14.4. The number of nitrogens with one attached hydrogen (secondary N) is 1. The lowest BCUT2D eigenvalue weighted by Gasteiger charge is -2.46. The molecule has 6 rings (SSSR count). The average Bonchev–Trinajstić information content (AvgIpc) is 3.57. The van der Waals surface area contributed by atoms with Gasteiger partial charge in [-0.1, -0.05) is 24.2 Å². The van der Waals surface area contributed by atoms with Crippen molar-refractivity contribution in [2.45, 2.75) is 18.4 Å². The molecule has 4 heterocycles. The van der Waals surface area contributed by atoms with Gasteiger partial charge in [0, 0.05) is 36.8 Å². The van der Waals surface area contributed by atoms with Crippen molar-refractivity contribution in [3.8, 4) is 11.5 Å². The van der Waals surface area contributed by atoms with Crippen LogP contribution in [0.5, 0.6) is 11.5 Å². The van der Waals surface area contributed by atoms with E-state index in [9.17, 15) is 12.3 Å². The molecule has 2 amide bonds. The van der Waals surface area contributed by atoms with Gasteiger partial charge in [-0.15, -0.1) is 0 Å². The summed E-state index contributed by atoms with van der Waals surface area (Å²) < 4.78 is 130. The summed E-state index contributed by atoms with van der Waals surface area (Å²) in [6.45, 7) is -5.06. The highest BCUT2D eigenvalue weighted by Gasteiger charge is 2.47. The third-order valence-electron chi connectivity index (χ3n) is 4.74. The number of fused-ring (bicyclic) bond motifs is 5. The third kappa shape index (κ3) is 2.24. The molecule has 0 unspecified atom stereocenters. The molecule has 1 N–H and O–H groups in total. The minimum Gasteiger partial charge on any atom is -0.454 e. The van der Waals surface area contributed by atoms with Crippen molar-refractivity contribution in [3.63, 3.8) is 0 Å². The summed E-state index contributed by atoms with van der Waals surface area (Å²) in [5.41, 5.74) is -2.91. The number of benzene rings is 2. The minimum atomic E-state index is -3.63. The van der Waals surface area contributed by atoms with Crippen molar-refractivity contribution in [1.29, 1.82) is 0 Å². The van der Waals surface area contributed by atoms with Crippen molar-refractivity contribution in [2.75, 3.05) is 20.3 Å². The molecule has 2 aromatic carbocycles. The number of piperazine rings is 1. The number of carbonyl (C=O) groups excluding carboxylic acids is 2. The van der Waals surface area contributed by atoms with E-state index >= 15 is 0 Å². The Hall–Kier alpha value is -3.48. The van der Waals surface area contributed by atoms with Crippen LogP contribution < -0.4 is 9.47 Å². The molecule has 1 fully saturated rings. The second-order valence-electron chi connectivity index (χ2n) is 6.38. The van der Waals surface area contributed by atoms with Crippen LogP contribution in [0.25, 0.3) is 10.9 Å². The number of ether oxygens (including phenoxy) is 2. The first kappa shape index (κ1) is 7.74. The summed E-state index contributed by atoms with van der Waals surface area (Å²) in [4.78, 5) is 30.4. The predicted molar refractivity (Wildman–Crippen MR) is 105 cm³/mol. The van der Waals surface area contributed by atoms with Crippen LogP contribution in [0.4, 0.5) is 0 Å². The predicted octanol–water partition coefficient (Wildman–Crippen LogP) is 2.21. The summed E-state index contributed by atoms with van der Waals surface area (Å²) in [5, 5.41) is -0.593. The number of hydrogen-bond acceptors (Lipinski definition) is 4. The number of aromatic nitrogens is 1. The van der Waals surface area contributed by atoms with Crippen molar-refractivity contribution in [1.82, 2.24) is 14.8 Å². The number of likely N-dealkylation sites (N-methyl/N-ethyl adjacent to an activating group) is 1. The van der Waals surface area contributed by atoms with Gasteiger partial charge in [-0.3, -0.25) is 9.59 Å². The average molecular weight is 403 g/mol. The topological polar surface area (TPSA) is 74.9 Å². The van der Waals surface area contributed by atoms with Crippen LogP contribution in [-0.2, 0) is 16.0 Å². The van der Waals surface area contributed by atoms with Crippen LogP contribution in [0.1, 0.15) is 42.0 Å². The van der Waals surface area contributed by atoms with Crippen LogP contribution in [0.15, 0.2) is 42.3 Å². The van der Waals surface area contributed by atoms with E-state index in [-0.39, 0.29) is 15.5 Å². The summed E-state index contributed by atoms with van der Waals surface area (Å²) in [6.07, 6.45) is -3.45. The largest absolute Gasteiger partial charge is 0.454 e. The van der Waals surface area contributed by atoms with Gasteiger partial charge in [0.05, 0.1) is 24.9 Å². The maximum atomic E-state index is 13.9. The van der Waals surface area contributed by atoms with Crippen LogP contribution in [-0.4, -0.2) is 52.9 Å². The van der Waals surface area contributed by atoms with Gasteiger partial charge in [0.1, 0.15) is 6.02 Å². The maximum absolute atomic E-state index is 13.9. The fourth-order valence-electron chi connectivity index (χ4n) is 3.49. The molecular formula is C22H19N3O4. The highest BCUT2D eigenvalue weighted by atomic mass is 16.7. The number of para-hydroxylation sites is 1. The van der Waals surface area contributed by atoms with E-state index in [4.69, 9.17) is 25.9 Å². The van der Waals surface area contributed by atoms with Crippen molar-refractivity contribution in [3.05, 3.63) is 59.1 Å². The Morgan fingerprint density at radius 2 is 2.10 bits per heavy atom. The van der Waals surface area contributed by atoms with Gasteiger partial charge in [0.15, 0.2) is 11.5 Å². The lowest BCUT2D eigenvalue weighted by Crippen LogP contribution is -2.62. The molecular weight excluding hydrogens is 370 g/mol. The third-order valence-corrected chi connectivity index (χ3v) is 4.74. The van der Waals surface area contributed by atoms with Gasteiger partial charge in [-0.2, -0.15) is 0 Å². The van der Waals surface area contributed by atoms with Crippen molar-refractivity contribution < 1.29 is 38.3 Å². The van der Waals surface area contributed by atoms with Crippen molar-refractivity contribution >= 4 is 22.7 Å². The van der Waals surface area contributed by atoms with E-state index in [2.05, 4.69) is 4.98 Å². The molecule has 146 valence electrons. The van der Waals surface area contributed by atoms with E-state index in [0.29, 0.717) is 0 Å². The monoisotopic (exact) mass is 403 g/mol. The Morgan fingerprint density at radius 3 is 3.00 bits per heavy atom. The number of amides is 2.